The fraction of sp³-hybridized carbons (Fsp3) is 0.786. The molecule has 0 aromatic carbocycles. The van der Waals surface area contributed by atoms with E-state index in [9.17, 15) is 0 Å². The van der Waals surface area contributed by atoms with E-state index in [-0.39, 0.29) is 0 Å². The quantitative estimate of drug-likeness (QED) is 0.697. The van der Waals surface area contributed by atoms with Gasteiger partial charge < -0.3 is 10.2 Å². The molecule has 0 bridgehead atoms. The lowest BCUT2D eigenvalue weighted by Crippen LogP contribution is -2.27. The normalized spacial score (nSPS) is 11.7. The molecule has 0 unspecified atom stereocenters. The SMILES string of the molecule is Cc1n[nH]c(C)c1CNCCCCN(C)C(C)C. The van der Waals surface area contributed by atoms with Crippen LogP contribution in [0.4, 0.5) is 0 Å². The van der Waals surface area contributed by atoms with Crippen LogP contribution < -0.4 is 5.32 Å². The summed E-state index contributed by atoms with van der Waals surface area (Å²) < 4.78 is 0. The molecule has 104 valence electrons. The van der Waals surface area contributed by atoms with E-state index in [0.717, 1.165) is 18.8 Å². The molecule has 18 heavy (non-hydrogen) atoms. The third kappa shape index (κ3) is 4.78. The molecule has 4 nitrogen and oxygen atoms in total. The summed E-state index contributed by atoms with van der Waals surface area (Å²) in [5.74, 6) is 0. The highest BCUT2D eigenvalue weighted by Gasteiger charge is 2.05. The summed E-state index contributed by atoms with van der Waals surface area (Å²) in [6.07, 6.45) is 2.48. The molecule has 0 aliphatic rings. The van der Waals surface area contributed by atoms with Crippen LogP contribution in [0.15, 0.2) is 0 Å². The second-order valence-corrected chi connectivity index (χ2v) is 5.37. The highest BCUT2D eigenvalue weighted by Crippen LogP contribution is 2.08. The van der Waals surface area contributed by atoms with Crippen molar-refractivity contribution in [2.75, 3.05) is 20.1 Å². The van der Waals surface area contributed by atoms with Crippen LogP contribution in [0.1, 0.15) is 43.6 Å². The maximum atomic E-state index is 4.20. The van der Waals surface area contributed by atoms with E-state index in [1.54, 1.807) is 0 Å². The molecule has 1 aromatic rings. The van der Waals surface area contributed by atoms with Crippen LogP contribution in [-0.4, -0.2) is 41.3 Å². The number of H-pyrrole nitrogens is 1. The maximum Gasteiger partial charge on any atom is 0.0638 e. The van der Waals surface area contributed by atoms with Gasteiger partial charge in [0.25, 0.3) is 0 Å². The van der Waals surface area contributed by atoms with E-state index in [1.165, 1.54) is 30.6 Å². The third-order valence-corrected chi connectivity index (χ3v) is 3.58. The van der Waals surface area contributed by atoms with Crippen molar-refractivity contribution in [3.05, 3.63) is 17.0 Å². The largest absolute Gasteiger partial charge is 0.313 e. The molecule has 0 radical (unpaired) electrons. The van der Waals surface area contributed by atoms with E-state index in [1.807, 2.05) is 0 Å². The summed E-state index contributed by atoms with van der Waals surface area (Å²) in [5, 5.41) is 10.7. The highest BCUT2D eigenvalue weighted by molar-refractivity contribution is 5.22. The minimum atomic E-state index is 0.647. The van der Waals surface area contributed by atoms with Gasteiger partial charge in [-0.3, -0.25) is 5.10 Å². The minimum absolute atomic E-state index is 0.647. The standard InChI is InChI=1S/C14H28N4/c1-11(2)18(5)9-7-6-8-15-10-14-12(3)16-17-13(14)4/h11,15H,6-10H2,1-5H3,(H,16,17). The summed E-state index contributed by atoms with van der Waals surface area (Å²) in [7, 11) is 2.19. The van der Waals surface area contributed by atoms with Crippen molar-refractivity contribution in [2.24, 2.45) is 0 Å². The summed E-state index contributed by atoms with van der Waals surface area (Å²) in [6, 6.07) is 0.647. The highest BCUT2D eigenvalue weighted by atomic mass is 15.1. The van der Waals surface area contributed by atoms with E-state index >= 15 is 0 Å². The Hall–Kier alpha value is -0.870. The molecule has 1 rings (SSSR count). The van der Waals surface area contributed by atoms with Crippen LogP contribution in [0.3, 0.4) is 0 Å². The van der Waals surface area contributed by atoms with Gasteiger partial charge in [0.1, 0.15) is 0 Å². The number of nitrogens with one attached hydrogen (secondary N) is 2. The summed E-state index contributed by atoms with van der Waals surface area (Å²) in [6.45, 7) is 11.8. The molecule has 0 aliphatic carbocycles. The molecule has 0 spiro atoms. The lowest BCUT2D eigenvalue weighted by Gasteiger charge is -2.20. The Morgan fingerprint density at radius 2 is 2.00 bits per heavy atom. The molecule has 1 heterocycles. The molecule has 0 amide bonds. The Labute approximate surface area is 111 Å². The Bertz CT molecular complexity index is 324. The molecule has 0 saturated carbocycles. The number of aromatic nitrogens is 2. The molecule has 0 fully saturated rings. The number of hydrogen-bond donors (Lipinski definition) is 2. The number of unbranched alkanes of at least 4 members (excludes halogenated alkanes) is 1. The Balaban J connectivity index is 2.09. The molecule has 4 heteroatoms. The average molecular weight is 252 g/mol. The van der Waals surface area contributed by atoms with Gasteiger partial charge in [0.2, 0.25) is 0 Å². The first-order chi connectivity index (χ1) is 8.52. The zero-order chi connectivity index (χ0) is 13.5. The number of nitrogens with zero attached hydrogens (tertiary/aromatic N) is 2. The lowest BCUT2D eigenvalue weighted by molar-refractivity contribution is 0.268. The smallest absolute Gasteiger partial charge is 0.0638 e. The van der Waals surface area contributed by atoms with Crippen molar-refractivity contribution in [3.8, 4) is 0 Å². The molecule has 1 aromatic heterocycles. The number of aryl methyl sites for hydroxylation is 2. The molecular weight excluding hydrogens is 224 g/mol. The zero-order valence-electron chi connectivity index (χ0n) is 12.5. The minimum Gasteiger partial charge on any atom is -0.313 e. The third-order valence-electron chi connectivity index (χ3n) is 3.58. The Morgan fingerprint density at radius 3 is 2.56 bits per heavy atom. The molecule has 0 saturated heterocycles. The van der Waals surface area contributed by atoms with Crippen LogP contribution in [0.5, 0.6) is 0 Å². The van der Waals surface area contributed by atoms with Gasteiger partial charge in [-0.25, -0.2) is 0 Å². The van der Waals surface area contributed by atoms with E-state index in [4.69, 9.17) is 0 Å². The molecule has 2 N–H and O–H groups in total. The fourth-order valence-corrected chi connectivity index (χ4v) is 1.92. The van der Waals surface area contributed by atoms with Crippen LogP contribution in [0, 0.1) is 13.8 Å². The van der Waals surface area contributed by atoms with E-state index in [2.05, 4.69) is 55.2 Å². The van der Waals surface area contributed by atoms with Gasteiger partial charge in [-0.05, 0) is 60.7 Å². The van der Waals surface area contributed by atoms with Gasteiger partial charge in [0.05, 0.1) is 5.69 Å². The second-order valence-electron chi connectivity index (χ2n) is 5.37. The van der Waals surface area contributed by atoms with Gasteiger partial charge in [-0.2, -0.15) is 5.10 Å². The predicted molar refractivity (Wildman–Crippen MR) is 76.8 cm³/mol. The monoisotopic (exact) mass is 252 g/mol. The number of rotatable bonds is 8. The summed E-state index contributed by atoms with van der Waals surface area (Å²) in [5.41, 5.74) is 3.60. The van der Waals surface area contributed by atoms with Gasteiger partial charge in [-0.1, -0.05) is 0 Å². The van der Waals surface area contributed by atoms with Crippen molar-refractivity contribution < 1.29 is 0 Å². The molecule has 0 atom stereocenters. The Morgan fingerprint density at radius 1 is 1.28 bits per heavy atom. The van der Waals surface area contributed by atoms with Crippen LogP contribution >= 0.6 is 0 Å². The predicted octanol–water partition coefficient (Wildman–Crippen LogP) is 2.24. The van der Waals surface area contributed by atoms with Gasteiger partial charge in [-0.15, -0.1) is 0 Å². The van der Waals surface area contributed by atoms with Crippen molar-refractivity contribution >= 4 is 0 Å². The zero-order valence-corrected chi connectivity index (χ0v) is 12.5. The summed E-state index contributed by atoms with van der Waals surface area (Å²) >= 11 is 0. The van der Waals surface area contributed by atoms with Crippen molar-refractivity contribution in [1.29, 1.82) is 0 Å². The topological polar surface area (TPSA) is 44.0 Å². The van der Waals surface area contributed by atoms with Crippen molar-refractivity contribution in [3.63, 3.8) is 0 Å². The number of aromatic amines is 1. The first-order valence-electron chi connectivity index (χ1n) is 6.93. The average Bonchev–Trinajstić information content (AvgIpc) is 2.64. The second kappa shape index (κ2) is 7.54. The van der Waals surface area contributed by atoms with E-state index in [0.29, 0.717) is 6.04 Å². The fourth-order valence-electron chi connectivity index (χ4n) is 1.92. The van der Waals surface area contributed by atoms with Crippen LogP contribution in [-0.2, 0) is 6.54 Å². The first kappa shape index (κ1) is 15.2. The van der Waals surface area contributed by atoms with Crippen molar-refractivity contribution in [1.82, 2.24) is 20.4 Å². The van der Waals surface area contributed by atoms with Gasteiger partial charge in [0, 0.05) is 23.8 Å². The van der Waals surface area contributed by atoms with Gasteiger partial charge in [0.15, 0.2) is 0 Å². The first-order valence-corrected chi connectivity index (χ1v) is 6.93. The Kier molecular flexibility index (Phi) is 6.36. The summed E-state index contributed by atoms with van der Waals surface area (Å²) in [4.78, 5) is 2.39. The van der Waals surface area contributed by atoms with Crippen LogP contribution in [0.25, 0.3) is 0 Å². The van der Waals surface area contributed by atoms with E-state index < -0.39 is 0 Å². The molecule has 0 aliphatic heterocycles. The molecular formula is C14H28N4. The maximum absolute atomic E-state index is 4.20. The van der Waals surface area contributed by atoms with Crippen molar-refractivity contribution in [2.45, 2.75) is 53.1 Å². The van der Waals surface area contributed by atoms with Crippen LogP contribution in [0.2, 0.25) is 0 Å². The van der Waals surface area contributed by atoms with Gasteiger partial charge >= 0.3 is 0 Å². The number of hydrogen-bond acceptors (Lipinski definition) is 3. The lowest BCUT2D eigenvalue weighted by atomic mass is 10.2.